The van der Waals surface area contributed by atoms with Gasteiger partial charge < -0.3 is 10.2 Å². The molecular formula is C19H24O2. The molecule has 0 heterocycles. The maximum atomic E-state index is 10.6. The lowest BCUT2D eigenvalue weighted by Gasteiger charge is -2.26. The summed E-state index contributed by atoms with van der Waals surface area (Å²) in [6, 6.07) is 9.79. The van der Waals surface area contributed by atoms with E-state index < -0.39 is 5.60 Å². The highest BCUT2D eigenvalue weighted by Crippen LogP contribution is 2.51. The number of aliphatic hydroxyl groups is 2. The molecule has 21 heavy (non-hydrogen) atoms. The molecule has 112 valence electrons. The molecule has 2 aliphatic rings. The summed E-state index contributed by atoms with van der Waals surface area (Å²) >= 11 is 0. The van der Waals surface area contributed by atoms with Crippen LogP contribution in [0.25, 0.3) is 0 Å². The Kier molecular flexibility index (Phi) is 3.76. The predicted molar refractivity (Wildman–Crippen MR) is 84.7 cm³/mol. The number of benzene rings is 1. The standard InChI is InChI=1S/C19H24O2/c1-18(21,15-7-3-2-4-8-15)10-6-12-19-11-5-9-16(19)13-17(20)14-19/h2-8,11-12,16-17,20-21H,9-10,13-14H2,1H3/b12-6+/t16?,17?,18-,19?/m1/s1. The van der Waals surface area contributed by atoms with Gasteiger partial charge in [0, 0.05) is 5.41 Å². The van der Waals surface area contributed by atoms with Gasteiger partial charge in [0.05, 0.1) is 11.7 Å². The summed E-state index contributed by atoms with van der Waals surface area (Å²) in [5.41, 5.74) is 0.118. The zero-order valence-electron chi connectivity index (χ0n) is 12.6. The van der Waals surface area contributed by atoms with E-state index in [0.29, 0.717) is 12.3 Å². The van der Waals surface area contributed by atoms with Crippen LogP contribution in [0.5, 0.6) is 0 Å². The van der Waals surface area contributed by atoms with Crippen LogP contribution >= 0.6 is 0 Å². The van der Waals surface area contributed by atoms with E-state index in [1.807, 2.05) is 37.3 Å². The van der Waals surface area contributed by atoms with Gasteiger partial charge in [-0.05, 0) is 44.1 Å². The zero-order chi connectivity index (χ0) is 14.9. The van der Waals surface area contributed by atoms with Gasteiger partial charge in [0.2, 0.25) is 0 Å². The minimum absolute atomic E-state index is 0.0200. The summed E-state index contributed by atoms with van der Waals surface area (Å²) in [6.45, 7) is 1.86. The van der Waals surface area contributed by atoms with Crippen molar-refractivity contribution < 1.29 is 10.2 Å². The summed E-state index contributed by atoms with van der Waals surface area (Å²) in [7, 11) is 0. The third-order valence-corrected chi connectivity index (χ3v) is 5.09. The van der Waals surface area contributed by atoms with Crippen LogP contribution in [0.2, 0.25) is 0 Å². The molecule has 0 bridgehead atoms. The Morgan fingerprint density at radius 1 is 1.33 bits per heavy atom. The molecule has 2 N–H and O–H groups in total. The second-order valence-electron chi connectivity index (χ2n) is 6.79. The van der Waals surface area contributed by atoms with Crippen LogP contribution in [0.4, 0.5) is 0 Å². The van der Waals surface area contributed by atoms with E-state index >= 15 is 0 Å². The zero-order valence-corrected chi connectivity index (χ0v) is 12.6. The molecule has 0 radical (unpaired) electrons. The third kappa shape index (κ3) is 2.83. The lowest BCUT2D eigenvalue weighted by molar-refractivity contribution is 0.0603. The minimum atomic E-state index is -0.844. The first-order valence-corrected chi connectivity index (χ1v) is 7.83. The largest absolute Gasteiger partial charge is 0.393 e. The fraction of sp³-hybridized carbons (Fsp3) is 0.474. The molecule has 4 atom stereocenters. The van der Waals surface area contributed by atoms with Crippen LogP contribution in [0, 0.1) is 11.3 Å². The molecule has 2 nitrogen and oxygen atoms in total. The lowest BCUT2D eigenvalue weighted by Crippen LogP contribution is -2.21. The summed E-state index contributed by atoms with van der Waals surface area (Å²) in [5, 5.41) is 20.6. The SMILES string of the molecule is C[C@@](O)(C/C=C/C12C=CCC1CC(O)C2)c1ccccc1. The molecule has 1 saturated carbocycles. The van der Waals surface area contributed by atoms with Crippen LogP contribution in [-0.4, -0.2) is 16.3 Å². The first-order valence-electron chi connectivity index (χ1n) is 7.83. The number of rotatable bonds is 4. The van der Waals surface area contributed by atoms with E-state index in [-0.39, 0.29) is 11.5 Å². The maximum Gasteiger partial charge on any atom is 0.0902 e. The Balaban J connectivity index is 1.71. The Morgan fingerprint density at radius 2 is 2.10 bits per heavy atom. The lowest BCUT2D eigenvalue weighted by atomic mass is 9.80. The smallest absolute Gasteiger partial charge is 0.0902 e. The summed E-state index contributed by atoms with van der Waals surface area (Å²) in [4.78, 5) is 0. The van der Waals surface area contributed by atoms with Gasteiger partial charge in [-0.1, -0.05) is 54.6 Å². The van der Waals surface area contributed by atoms with Crippen molar-refractivity contribution in [2.24, 2.45) is 11.3 Å². The van der Waals surface area contributed by atoms with Crippen molar-refractivity contribution in [3.05, 3.63) is 60.2 Å². The molecule has 1 fully saturated rings. The van der Waals surface area contributed by atoms with Gasteiger partial charge >= 0.3 is 0 Å². The van der Waals surface area contributed by atoms with Gasteiger partial charge in [-0.2, -0.15) is 0 Å². The van der Waals surface area contributed by atoms with Crippen molar-refractivity contribution in [2.45, 2.75) is 44.3 Å². The van der Waals surface area contributed by atoms with Gasteiger partial charge in [-0.25, -0.2) is 0 Å². The Labute approximate surface area is 126 Å². The van der Waals surface area contributed by atoms with Crippen LogP contribution in [-0.2, 0) is 5.60 Å². The highest BCUT2D eigenvalue weighted by atomic mass is 16.3. The Morgan fingerprint density at radius 3 is 2.86 bits per heavy atom. The molecule has 0 saturated heterocycles. The molecule has 3 unspecified atom stereocenters. The van der Waals surface area contributed by atoms with Crippen molar-refractivity contribution in [3.8, 4) is 0 Å². The monoisotopic (exact) mass is 284 g/mol. The van der Waals surface area contributed by atoms with E-state index in [0.717, 1.165) is 24.8 Å². The molecule has 0 aromatic heterocycles. The van der Waals surface area contributed by atoms with Crippen molar-refractivity contribution in [3.63, 3.8) is 0 Å². The first kappa shape index (κ1) is 14.6. The topological polar surface area (TPSA) is 40.5 Å². The van der Waals surface area contributed by atoms with Crippen molar-refractivity contribution >= 4 is 0 Å². The quantitative estimate of drug-likeness (QED) is 0.830. The van der Waals surface area contributed by atoms with Crippen LogP contribution in [0.3, 0.4) is 0 Å². The van der Waals surface area contributed by atoms with Crippen molar-refractivity contribution in [1.82, 2.24) is 0 Å². The van der Waals surface area contributed by atoms with Crippen LogP contribution < -0.4 is 0 Å². The average molecular weight is 284 g/mol. The molecule has 2 heteroatoms. The third-order valence-electron chi connectivity index (χ3n) is 5.09. The van der Waals surface area contributed by atoms with Gasteiger partial charge in [0.25, 0.3) is 0 Å². The van der Waals surface area contributed by atoms with E-state index in [1.54, 1.807) is 0 Å². The number of fused-ring (bicyclic) bond motifs is 1. The normalized spacial score (nSPS) is 34.2. The average Bonchev–Trinajstić information content (AvgIpc) is 2.95. The van der Waals surface area contributed by atoms with E-state index in [2.05, 4.69) is 24.3 Å². The van der Waals surface area contributed by atoms with Gasteiger partial charge in [-0.3, -0.25) is 0 Å². The second kappa shape index (κ2) is 5.43. The fourth-order valence-corrected chi connectivity index (χ4v) is 3.86. The molecule has 2 aliphatic carbocycles. The fourth-order valence-electron chi connectivity index (χ4n) is 3.86. The summed E-state index contributed by atoms with van der Waals surface area (Å²) in [5.74, 6) is 0.533. The molecule has 0 aliphatic heterocycles. The van der Waals surface area contributed by atoms with E-state index in [9.17, 15) is 10.2 Å². The molecule has 1 aromatic rings. The Bertz CT molecular complexity index is 544. The molecule has 3 rings (SSSR count). The molecule has 1 aromatic carbocycles. The van der Waals surface area contributed by atoms with Gasteiger partial charge in [0.1, 0.15) is 0 Å². The van der Waals surface area contributed by atoms with Crippen LogP contribution in [0.1, 0.15) is 38.2 Å². The van der Waals surface area contributed by atoms with E-state index in [1.165, 1.54) is 0 Å². The second-order valence-corrected chi connectivity index (χ2v) is 6.79. The number of aliphatic hydroxyl groups excluding tert-OH is 1. The highest BCUT2D eigenvalue weighted by Gasteiger charge is 2.45. The van der Waals surface area contributed by atoms with Crippen molar-refractivity contribution in [2.75, 3.05) is 0 Å². The molecular weight excluding hydrogens is 260 g/mol. The van der Waals surface area contributed by atoms with E-state index in [4.69, 9.17) is 0 Å². The van der Waals surface area contributed by atoms with Crippen LogP contribution in [0.15, 0.2) is 54.6 Å². The maximum absolute atomic E-state index is 10.6. The predicted octanol–water partition coefficient (Wildman–Crippen LogP) is 3.56. The molecule has 0 spiro atoms. The summed E-state index contributed by atoms with van der Waals surface area (Å²) in [6.07, 6.45) is 12.0. The first-order chi connectivity index (χ1) is 10.0. The van der Waals surface area contributed by atoms with Gasteiger partial charge in [0.15, 0.2) is 0 Å². The van der Waals surface area contributed by atoms with Crippen molar-refractivity contribution in [1.29, 1.82) is 0 Å². The number of allylic oxidation sites excluding steroid dienone is 3. The Hall–Kier alpha value is -1.38. The highest BCUT2D eigenvalue weighted by molar-refractivity contribution is 5.26. The molecule has 0 amide bonds. The number of hydrogen-bond donors (Lipinski definition) is 2. The number of hydrogen-bond acceptors (Lipinski definition) is 2. The summed E-state index contributed by atoms with van der Waals surface area (Å²) < 4.78 is 0. The van der Waals surface area contributed by atoms with Gasteiger partial charge in [-0.15, -0.1) is 0 Å². The minimum Gasteiger partial charge on any atom is -0.393 e.